The lowest BCUT2D eigenvalue weighted by molar-refractivity contribution is -0.137. The molecule has 214 valence electrons. The zero-order valence-electron chi connectivity index (χ0n) is 22.7. The average molecular weight is 600 g/mol. The summed E-state index contributed by atoms with van der Waals surface area (Å²) in [5.74, 6) is 0. The summed E-state index contributed by atoms with van der Waals surface area (Å²) in [7, 11) is -3.48. The lowest BCUT2D eigenvalue weighted by Gasteiger charge is -2.29. The van der Waals surface area contributed by atoms with Crippen molar-refractivity contribution < 1.29 is 21.6 Å². The molecule has 12 heteroatoms. The molecule has 1 aliphatic heterocycles. The second-order valence-corrected chi connectivity index (χ2v) is 12.2. The van der Waals surface area contributed by atoms with Gasteiger partial charge in [-0.15, -0.1) is 0 Å². The molecule has 1 saturated heterocycles. The van der Waals surface area contributed by atoms with Gasteiger partial charge in [-0.3, -0.25) is 9.71 Å². The maximum absolute atomic E-state index is 14.0. The molecule has 5 rings (SSSR count). The number of benzene rings is 2. The van der Waals surface area contributed by atoms with E-state index >= 15 is 0 Å². The standard InChI is InChI=1S/C29H28F3N5O2S2/c1-17-15-20(12-13-23(17)35-41(4,38)39)37-27(26(34-28(37)40)24-10-7-8-14-33-24)21-16-18(2)36(19(21)3)25-11-6-5-9-22(25)29(30,31)32/h5-16,26-27,35H,1-4H3,(H,34,40)/t26-,27+/m0/s1. The number of aryl methyl sites for hydroxylation is 2. The zero-order chi connectivity index (χ0) is 29.7. The van der Waals surface area contributed by atoms with Crippen molar-refractivity contribution in [2.45, 2.75) is 39.0 Å². The number of hydrogen-bond acceptors (Lipinski definition) is 4. The fourth-order valence-corrected chi connectivity index (χ4v) is 6.40. The molecule has 41 heavy (non-hydrogen) atoms. The molecule has 1 aliphatic rings. The first-order chi connectivity index (χ1) is 19.3. The molecule has 4 aromatic rings. The number of sulfonamides is 1. The van der Waals surface area contributed by atoms with Crippen molar-refractivity contribution in [3.8, 4) is 5.69 Å². The van der Waals surface area contributed by atoms with Gasteiger partial charge in [0.1, 0.15) is 0 Å². The Kier molecular flexibility index (Phi) is 7.33. The Morgan fingerprint density at radius 1 is 1.00 bits per heavy atom. The molecule has 0 amide bonds. The van der Waals surface area contributed by atoms with Crippen LogP contribution in [0.15, 0.2) is 72.9 Å². The van der Waals surface area contributed by atoms with E-state index in [1.54, 1.807) is 55.8 Å². The molecule has 2 aromatic carbocycles. The Labute approximate surface area is 242 Å². The first kappa shape index (κ1) is 28.6. The maximum atomic E-state index is 14.0. The molecule has 0 saturated carbocycles. The van der Waals surface area contributed by atoms with Crippen LogP contribution >= 0.6 is 12.2 Å². The summed E-state index contributed by atoms with van der Waals surface area (Å²) < 4.78 is 69.8. The lowest BCUT2D eigenvalue weighted by atomic mass is 9.96. The number of nitrogens with zero attached hydrogens (tertiary/aromatic N) is 3. The van der Waals surface area contributed by atoms with E-state index in [2.05, 4.69) is 15.0 Å². The third-order valence-electron chi connectivity index (χ3n) is 7.12. The van der Waals surface area contributed by atoms with E-state index in [4.69, 9.17) is 12.2 Å². The molecule has 2 N–H and O–H groups in total. The number of pyridine rings is 1. The van der Waals surface area contributed by atoms with Gasteiger partial charge in [-0.25, -0.2) is 8.42 Å². The number of para-hydroxylation sites is 1. The SMILES string of the molecule is Cc1cc(N2C(=S)N[C@@H](c3ccccn3)[C@H]2c2cc(C)n(-c3ccccc3C(F)(F)F)c2C)ccc1NS(C)(=O)=O. The van der Waals surface area contributed by atoms with Gasteiger partial charge in [0.15, 0.2) is 5.11 Å². The van der Waals surface area contributed by atoms with Crippen LogP contribution in [0.4, 0.5) is 24.5 Å². The number of nitrogens with one attached hydrogen (secondary N) is 2. The minimum absolute atomic E-state index is 0.0442. The van der Waals surface area contributed by atoms with E-state index in [-0.39, 0.29) is 5.69 Å². The number of rotatable bonds is 6. The Morgan fingerprint density at radius 2 is 1.71 bits per heavy atom. The summed E-state index contributed by atoms with van der Waals surface area (Å²) in [5, 5.41) is 3.78. The highest BCUT2D eigenvalue weighted by atomic mass is 32.2. The Balaban J connectivity index is 1.68. The van der Waals surface area contributed by atoms with Crippen LogP contribution in [-0.4, -0.2) is 29.3 Å². The minimum Gasteiger partial charge on any atom is -0.351 e. The highest BCUT2D eigenvalue weighted by Gasteiger charge is 2.43. The Hall–Kier alpha value is -3.90. The Bertz CT molecular complexity index is 1740. The zero-order valence-corrected chi connectivity index (χ0v) is 24.3. The predicted molar refractivity (Wildman–Crippen MR) is 158 cm³/mol. The summed E-state index contributed by atoms with van der Waals surface area (Å²) in [6.45, 7) is 5.36. The molecule has 0 spiro atoms. The Morgan fingerprint density at radius 3 is 2.34 bits per heavy atom. The van der Waals surface area contributed by atoms with Crippen LogP contribution in [0.5, 0.6) is 0 Å². The van der Waals surface area contributed by atoms with Gasteiger partial charge in [0.05, 0.1) is 41.0 Å². The van der Waals surface area contributed by atoms with Crippen molar-refractivity contribution in [3.05, 3.63) is 107 Å². The van der Waals surface area contributed by atoms with Crippen LogP contribution in [0.3, 0.4) is 0 Å². The molecule has 7 nitrogen and oxygen atoms in total. The van der Waals surface area contributed by atoms with E-state index in [1.165, 1.54) is 12.1 Å². The molecular weight excluding hydrogens is 571 g/mol. The molecular formula is C29H28F3N5O2S2. The van der Waals surface area contributed by atoms with Crippen molar-refractivity contribution in [2.24, 2.45) is 0 Å². The van der Waals surface area contributed by atoms with Gasteiger partial charge in [0, 0.05) is 23.3 Å². The summed E-state index contributed by atoms with van der Waals surface area (Å²) in [6, 6.07) is 17.3. The van der Waals surface area contributed by atoms with Gasteiger partial charge in [-0.2, -0.15) is 13.2 Å². The van der Waals surface area contributed by atoms with Crippen LogP contribution < -0.4 is 14.9 Å². The maximum Gasteiger partial charge on any atom is 0.418 e. The fraction of sp³-hybridized carbons (Fsp3) is 0.241. The topological polar surface area (TPSA) is 79.3 Å². The van der Waals surface area contributed by atoms with Gasteiger partial charge >= 0.3 is 6.18 Å². The lowest BCUT2D eigenvalue weighted by Crippen LogP contribution is -2.29. The second-order valence-electron chi connectivity index (χ2n) is 10.0. The second kappa shape index (κ2) is 10.5. The number of alkyl halides is 3. The molecule has 3 heterocycles. The van der Waals surface area contributed by atoms with Crippen molar-refractivity contribution >= 4 is 38.7 Å². The van der Waals surface area contributed by atoms with E-state index < -0.39 is 33.8 Å². The van der Waals surface area contributed by atoms with Gasteiger partial charge in [-0.1, -0.05) is 18.2 Å². The normalized spacial score (nSPS) is 17.5. The van der Waals surface area contributed by atoms with Crippen LogP contribution in [0.2, 0.25) is 0 Å². The van der Waals surface area contributed by atoms with E-state index in [0.717, 1.165) is 23.6 Å². The highest BCUT2D eigenvalue weighted by molar-refractivity contribution is 7.92. The molecule has 0 aliphatic carbocycles. The van der Waals surface area contributed by atoms with Gasteiger partial charge in [0.25, 0.3) is 0 Å². The van der Waals surface area contributed by atoms with Crippen molar-refractivity contribution in [3.63, 3.8) is 0 Å². The van der Waals surface area contributed by atoms with E-state index in [1.807, 2.05) is 29.2 Å². The highest BCUT2D eigenvalue weighted by Crippen LogP contribution is 2.45. The summed E-state index contributed by atoms with van der Waals surface area (Å²) in [6.07, 6.45) is -1.77. The number of thiocarbonyl (C=S) groups is 1. The molecule has 2 atom stereocenters. The third kappa shape index (κ3) is 5.53. The van der Waals surface area contributed by atoms with Gasteiger partial charge in [-0.05, 0) is 92.6 Å². The first-order valence-corrected chi connectivity index (χ1v) is 15.0. The first-order valence-electron chi connectivity index (χ1n) is 12.7. The van der Waals surface area contributed by atoms with E-state index in [9.17, 15) is 21.6 Å². The molecule has 0 radical (unpaired) electrons. The number of hydrogen-bond donors (Lipinski definition) is 2. The smallest absolute Gasteiger partial charge is 0.351 e. The van der Waals surface area contributed by atoms with Crippen molar-refractivity contribution in [2.75, 3.05) is 15.9 Å². The molecule has 0 bridgehead atoms. The van der Waals surface area contributed by atoms with Crippen LogP contribution in [0.25, 0.3) is 5.69 Å². The van der Waals surface area contributed by atoms with Gasteiger partial charge < -0.3 is 14.8 Å². The average Bonchev–Trinajstić information content (AvgIpc) is 3.39. The van der Waals surface area contributed by atoms with Crippen molar-refractivity contribution in [1.29, 1.82) is 0 Å². The van der Waals surface area contributed by atoms with Crippen LogP contribution in [-0.2, 0) is 16.2 Å². The predicted octanol–water partition coefficient (Wildman–Crippen LogP) is 6.36. The van der Waals surface area contributed by atoms with Crippen molar-refractivity contribution in [1.82, 2.24) is 14.9 Å². The summed E-state index contributed by atoms with van der Waals surface area (Å²) >= 11 is 5.81. The number of aromatic nitrogens is 2. The molecule has 1 fully saturated rings. The fourth-order valence-electron chi connectivity index (χ4n) is 5.43. The molecule has 0 unspecified atom stereocenters. The monoisotopic (exact) mass is 599 g/mol. The third-order valence-corrected chi connectivity index (χ3v) is 8.03. The van der Waals surface area contributed by atoms with Gasteiger partial charge in [0.2, 0.25) is 10.0 Å². The summed E-state index contributed by atoms with van der Waals surface area (Å²) in [4.78, 5) is 6.46. The number of anilines is 2. The van der Waals surface area contributed by atoms with Crippen LogP contribution in [0.1, 0.15) is 45.9 Å². The number of halogens is 3. The summed E-state index contributed by atoms with van der Waals surface area (Å²) in [5.41, 5.74) is 3.90. The van der Waals surface area contributed by atoms with E-state index in [0.29, 0.717) is 33.4 Å². The minimum atomic E-state index is -4.53. The molecule has 2 aromatic heterocycles. The quantitative estimate of drug-likeness (QED) is 0.251. The largest absolute Gasteiger partial charge is 0.418 e. The van der Waals surface area contributed by atoms with Crippen LogP contribution in [0, 0.1) is 20.8 Å².